The van der Waals surface area contributed by atoms with Gasteiger partial charge in [-0.25, -0.2) is 4.98 Å². The molecule has 9 heteroatoms. The Labute approximate surface area is 180 Å². The van der Waals surface area contributed by atoms with Crippen molar-refractivity contribution in [2.75, 3.05) is 42.9 Å². The van der Waals surface area contributed by atoms with Crippen molar-refractivity contribution in [3.63, 3.8) is 0 Å². The molecule has 152 valence electrons. The summed E-state index contributed by atoms with van der Waals surface area (Å²) in [6, 6.07) is 9.39. The van der Waals surface area contributed by atoms with Crippen molar-refractivity contribution in [1.29, 1.82) is 0 Å². The van der Waals surface area contributed by atoms with Crippen LogP contribution in [0.15, 0.2) is 42.7 Å². The third-order valence-electron chi connectivity index (χ3n) is 5.91. The molecule has 30 heavy (non-hydrogen) atoms. The predicted molar refractivity (Wildman–Crippen MR) is 120 cm³/mol. The molecule has 0 atom stereocenters. The Hall–Kier alpha value is -2.38. The van der Waals surface area contributed by atoms with Gasteiger partial charge in [0.25, 0.3) is 5.91 Å². The van der Waals surface area contributed by atoms with E-state index in [9.17, 15) is 4.79 Å². The van der Waals surface area contributed by atoms with E-state index in [4.69, 9.17) is 15.7 Å². The molecule has 0 saturated carbocycles. The molecule has 2 aliphatic heterocycles. The molecule has 0 aliphatic carbocycles. The van der Waals surface area contributed by atoms with Gasteiger partial charge in [-0.05, 0) is 56.6 Å². The van der Waals surface area contributed by atoms with Crippen LogP contribution in [-0.2, 0) is 0 Å². The molecule has 2 fully saturated rings. The highest BCUT2D eigenvalue weighted by Crippen LogP contribution is 2.26. The standard InChI is InChI=1S/C21H26B2N6O/c22-21(23)8-13-28(14-15-29(21)17-6-11-25-12-7-17)19-3-1-2-18(27-19)20(30)26-16-4-9-24-10-5-16/h1-5,9-10,17,25H,6-8,11-15H2,(H,24,26,30). The summed E-state index contributed by atoms with van der Waals surface area (Å²) < 4.78 is 0. The summed E-state index contributed by atoms with van der Waals surface area (Å²) in [4.78, 5) is 25.6. The minimum absolute atomic E-state index is 0.249. The number of piperidine rings is 1. The summed E-state index contributed by atoms with van der Waals surface area (Å²) in [5.41, 5.74) is 1.06. The number of nitrogens with zero attached hydrogens (tertiary/aromatic N) is 4. The third-order valence-corrected chi connectivity index (χ3v) is 5.91. The Balaban J connectivity index is 1.46. The SMILES string of the molecule is [B]C1([B])CCN(c2cccc(C(=O)Nc3ccncc3)n2)CCN1C1CCNCC1. The van der Waals surface area contributed by atoms with Crippen molar-refractivity contribution in [3.8, 4) is 0 Å². The van der Waals surface area contributed by atoms with E-state index in [-0.39, 0.29) is 5.91 Å². The van der Waals surface area contributed by atoms with E-state index in [1.165, 1.54) is 0 Å². The maximum absolute atomic E-state index is 12.6. The van der Waals surface area contributed by atoms with Gasteiger partial charge in [0, 0.05) is 43.8 Å². The highest BCUT2D eigenvalue weighted by molar-refractivity contribution is 6.40. The summed E-state index contributed by atoms with van der Waals surface area (Å²) in [6.45, 7) is 4.22. The van der Waals surface area contributed by atoms with Crippen molar-refractivity contribution < 1.29 is 4.79 Å². The molecule has 2 aromatic rings. The molecule has 4 rings (SSSR count). The van der Waals surface area contributed by atoms with Crippen LogP contribution < -0.4 is 15.5 Å². The molecule has 0 bridgehead atoms. The number of aromatic nitrogens is 2. The molecule has 4 radical (unpaired) electrons. The van der Waals surface area contributed by atoms with Crippen molar-refractivity contribution in [2.24, 2.45) is 0 Å². The lowest BCUT2D eigenvalue weighted by Gasteiger charge is -2.45. The van der Waals surface area contributed by atoms with Gasteiger partial charge in [-0.1, -0.05) is 11.4 Å². The van der Waals surface area contributed by atoms with Gasteiger partial charge in [0.15, 0.2) is 0 Å². The Kier molecular flexibility index (Phi) is 6.39. The Morgan fingerprint density at radius 3 is 2.63 bits per heavy atom. The molecule has 4 heterocycles. The number of carbonyl (C=O) groups is 1. The first-order valence-corrected chi connectivity index (χ1v) is 10.5. The monoisotopic (exact) mass is 400 g/mol. The first kappa shape index (κ1) is 20.9. The molecule has 0 spiro atoms. The van der Waals surface area contributed by atoms with Crippen LogP contribution in [0.1, 0.15) is 29.8 Å². The van der Waals surface area contributed by atoms with E-state index < -0.39 is 5.34 Å². The number of amides is 1. The maximum atomic E-state index is 12.6. The average molecular weight is 400 g/mol. The fourth-order valence-corrected chi connectivity index (χ4v) is 4.23. The lowest BCUT2D eigenvalue weighted by atomic mass is 9.58. The summed E-state index contributed by atoms with van der Waals surface area (Å²) >= 11 is 0. The first-order chi connectivity index (χ1) is 14.5. The van der Waals surface area contributed by atoms with E-state index in [2.05, 4.69) is 30.4 Å². The molecular weight excluding hydrogens is 374 g/mol. The molecular formula is C21H26B2N6O. The molecule has 2 aliphatic rings. The second kappa shape index (κ2) is 9.18. The molecule has 2 aromatic heterocycles. The molecule has 0 aromatic carbocycles. The Bertz CT molecular complexity index is 860. The van der Waals surface area contributed by atoms with Gasteiger partial charge in [0.2, 0.25) is 0 Å². The molecule has 2 saturated heterocycles. The van der Waals surface area contributed by atoms with Gasteiger partial charge in [0.1, 0.15) is 11.5 Å². The van der Waals surface area contributed by atoms with Crippen LogP contribution in [0.3, 0.4) is 0 Å². The van der Waals surface area contributed by atoms with Crippen molar-refractivity contribution in [2.45, 2.75) is 30.6 Å². The van der Waals surface area contributed by atoms with Gasteiger partial charge in [-0.15, -0.1) is 0 Å². The molecule has 0 unspecified atom stereocenters. The number of nitrogens with one attached hydrogen (secondary N) is 2. The summed E-state index contributed by atoms with van der Waals surface area (Å²) in [5, 5.41) is 5.41. The fourth-order valence-electron chi connectivity index (χ4n) is 4.23. The minimum Gasteiger partial charge on any atom is -0.355 e. The summed E-state index contributed by atoms with van der Waals surface area (Å²) in [6.07, 6.45) is 6.01. The normalized spacial score (nSPS) is 20.5. The van der Waals surface area contributed by atoms with Gasteiger partial charge >= 0.3 is 0 Å². The lowest BCUT2D eigenvalue weighted by molar-refractivity contribution is 0.102. The highest BCUT2D eigenvalue weighted by atomic mass is 16.1. The number of rotatable bonds is 4. The average Bonchev–Trinajstić information content (AvgIpc) is 2.93. The number of hydrogen-bond acceptors (Lipinski definition) is 6. The summed E-state index contributed by atoms with van der Waals surface area (Å²) in [7, 11) is 13.0. The summed E-state index contributed by atoms with van der Waals surface area (Å²) in [5.74, 6) is 0.515. The van der Waals surface area contributed by atoms with Gasteiger partial charge in [-0.2, -0.15) is 0 Å². The van der Waals surface area contributed by atoms with Crippen molar-refractivity contribution in [3.05, 3.63) is 48.4 Å². The second-order valence-electron chi connectivity index (χ2n) is 7.97. The topological polar surface area (TPSA) is 73.4 Å². The van der Waals surface area contributed by atoms with Crippen LogP contribution in [0.5, 0.6) is 0 Å². The zero-order valence-electron chi connectivity index (χ0n) is 17.1. The van der Waals surface area contributed by atoms with E-state index in [1.807, 2.05) is 12.1 Å². The van der Waals surface area contributed by atoms with Crippen molar-refractivity contribution >= 4 is 33.1 Å². The van der Waals surface area contributed by atoms with Crippen LogP contribution in [0.2, 0.25) is 0 Å². The second-order valence-corrected chi connectivity index (χ2v) is 7.97. The smallest absolute Gasteiger partial charge is 0.274 e. The third kappa shape index (κ3) is 4.84. The van der Waals surface area contributed by atoms with E-state index in [1.54, 1.807) is 30.6 Å². The van der Waals surface area contributed by atoms with Gasteiger partial charge in [0.05, 0.1) is 15.7 Å². The predicted octanol–water partition coefficient (Wildman–Crippen LogP) is 0.984. The van der Waals surface area contributed by atoms with E-state index in [0.29, 0.717) is 30.4 Å². The largest absolute Gasteiger partial charge is 0.355 e. The maximum Gasteiger partial charge on any atom is 0.274 e. The Morgan fingerprint density at radius 2 is 1.87 bits per heavy atom. The minimum atomic E-state index is -0.840. The van der Waals surface area contributed by atoms with Crippen molar-refractivity contribution in [1.82, 2.24) is 20.2 Å². The molecule has 2 N–H and O–H groups in total. The van der Waals surface area contributed by atoms with Crippen LogP contribution in [0.25, 0.3) is 0 Å². The van der Waals surface area contributed by atoms with Crippen LogP contribution >= 0.6 is 0 Å². The number of pyridine rings is 2. The molecule has 1 amide bonds. The van der Waals surface area contributed by atoms with Gasteiger partial charge in [-0.3, -0.25) is 9.78 Å². The highest BCUT2D eigenvalue weighted by Gasteiger charge is 2.35. The van der Waals surface area contributed by atoms with Crippen LogP contribution in [-0.4, -0.2) is 80.6 Å². The number of hydrogen-bond donors (Lipinski definition) is 2. The van der Waals surface area contributed by atoms with E-state index in [0.717, 1.165) is 44.8 Å². The molecule has 7 nitrogen and oxygen atoms in total. The van der Waals surface area contributed by atoms with Crippen LogP contribution in [0.4, 0.5) is 11.5 Å². The number of carbonyl (C=O) groups excluding carboxylic acids is 1. The quantitative estimate of drug-likeness (QED) is 0.746. The van der Waals surface area contributed by atoms with Gasteiger partial charge < -0.3 is 20.4 Å². The zero-order valence-corrected chi connectivity index (χ0v) is 17.1. The first-order valence-electron chi connectivity index (χ1n) is 10.5. The number of anilines is 2. The van der Waals surface area contributed by atoms with Crippen LogP contribution in [0, 0.1) is 0 Å². The fraction of sp³-hybridized carbons (Fsp3) is 0.476. The van der Waals surface area contributed by atoms with E-state index >= 15 is 0 Å². The zero-order chi connectivity index (χ0) is 21.0. The Morgan fingerprint density at radius 1 is 1.10 bits per heavy atom. The lowest BCUT2D eigenvalue weighted by Crippen LogP contribution is -2.57.